The summed E-state index contributed by atoms with van der Waals surface area (Å²) in [4.78, 5) is 17.8. The van der Waals surface area contributed by atoms with Crippen molar-refractivity contribution in [2.45, 2.75) is 6.92 Å². The molecule has 0 bridgehead atoms. The van der Waals surface area contributed by atoms with Gasteiger partial charge in [0.15, 0.2) is 0 Å². The third-order valence-electron chi connectivity index (χ3n) is 2.80. The number of anilines is 2. The van der Waals surface area contributed by atoms with Gasteiger partial charge in [0.05, 0.1) is 5.02 Å². The van der Waals surface area contributed by atoms with Crippen LogP contribution in [0.5, 0.6) is 0 Å². The van der Waals surface area contributed by atoms with E-state index in [4.69, 9.17) is 17.3 Å². The molecule has 4 nitrogen and oxygen atoms in total. The van der Waals surface area contributed by atoms with Crippen LogP contribution >= 0.6 is 11.6 Å². The highest BCUT2D eigenvalue weighted by atomic mass is 35.5. The Bertz CT molecular complexity index is 611. The van der Waals surface area contributed by atoms with Crippen LogP contribution in [-0.2, 0) is 0 Å². The second-order valence-corrected chi connectivity index (χ2v) is 4.67. The number of nitrogen functional groups attached to an aromatic ring is 1. The maximum absolute atomic E-state index is 12.3. The molecule has 0 aliphatic heterocycles. The monoisotopic (exact) mass is 275 g/mol. The Hall–Kier alpha value is -2.07. The van der Waals surface area contributed by atoms with Gasteiger partial charge in [-0.15, -0.1) is 0 Å². The number of nitrogens with two attached hydrogens (primary N) is 1. The minimum absolute atomic E-state index is 0.157. The van der Waals surface area contributed by atoms with Crippen LogP contribution in [0.25, 0.3) is 0 Å². The van der Waals surface area contributed by atoms with E-state index >= 15 is 0 Å². The quantitative estimate of drug-likeness (QED) is 0.917. The van der Waals surface area contributed by atoms with Crippen LogP contribution in [0.4, 0.5) is 11.5 Å². The molecule has 0 aliphatic carbocycles. The predicted octanol–water partition coefficient (Wildman–Crippen LogP) is 2.90. The van der Waals surface area contributed by atoms with E-state index < -0.39 is 0 Å². The molecule has 0 saturated heterocycles. The summed E-state index contributed by atoms with van der Waals surface area (Å²) in [6.45, 7) is 1.99. The number of rotatable bonds is 2. The molecular weight excluding hydrogens is 262 g/mol. The van der Waals surface area contributed by atoms with Gasteiger partial charge in [0.25, 0.3) is 5.91 Å². The molecule has 1 aromatic heterocycles. The van der Waals surface area contributed by atoms with Crippen molar-refractivity contribution >= 4 is 29.0 Å². The molecule has 2 aromatic rings. The third-order valence-corrected chi connectivity index (χ3v) is 3.10. The summed E-state index contributed by atoms with van der Waals surface area (Å²) in [5, 5.41) is 0.290. The Morgan fingerprint density at radius 2 is 1.84 bits per heavy atom. The number of halogens is 1. The second kappa shape index (κ2) is 5.28. The second-order valence-electron chi connectivity index (χ2n) is 4.27. The summed E-state index contributed by atoms with van der Waals surface area (Å²) in [7, 11) is 1.67. The number of amides is 1. The largest absolute Gasteiger partial charge is 0.384 e. The van der Waals surface area contributed by atoms with E-state index in [9.17, 15) is 4.79 Å². The van der Waals surface area contributed by atoms with Crippen LogP contribution in [0.1, 0.15) is 16.1 Å². The number of carbonyl (C=O) groups excluding carboxylic acids is 1. The number of nitrogens with zero attached hydrogens (tertiary/aromatic N) is 2. The number of hydrogen-bond acceptors (Lipinski definition) is 3. The zero-order valence-corrected chi connectivity index (χ0v) is 11.5. The molecule has 1 amide bonds. The van der Waals surface area contributed by atoms with Crippen molar-refractivity contribution in [3.8, 4) is 0 Å². The van der Waals surface area contributed by atoms with E-state index in [2.05, 4.69) is 4.98 Å². The molecule has 98 valence electrons. The number of carbonyl (C=O) groups is 1. The van der Waals surface area contributed by atoms with Crippen LogP contribution in [0, 0.1) is 6.92 Å². The summed E-state index contributed by atoms with van der Waals surface area (Å²) >= 11 is 5.98. The van der Waals surface area contributed by atoms with E-state index in [0.29, 0.717) is 0 Å². The Balaban J connectivity index is 2.33. The first kappa shape index (κ1) is 13.4. The van der Waals surface area contributed by atoms with Gasteiger partial charge >= 0.3 is 0 Å². The summed E-state index contributed by atoms with van der Waals surface area (Å²) in [5.74, 6) is -0.0220. The van der Waals surface area contributed by atoms with Crippen LogP contribution < -0.4 is 10.6 Å². The van der Waals surface area contributed by atoms with Gasteiger partial charge in [-0.25, -0.2) is 4.98 Å². The number of benzene rings is 1. The van der Waals surface area contributed by atoms with E-state index in [1.165, 1.54) is 4.90 Å². The SMILES string of the molecule is Cc1ccc(N(C)C(=O)c2nc(N)ccc2Cl)cc1. The van der Waals surface area contributed by atoms with Gasteiger partial charge in [0.1, 0.15) is 11.5 Å². The lowest BCUT2D eigenvalue weighted by molar-refractivity contribution is 0.0988. The van der Waals surface area contributed by atoms with Crippen LogP contribution in [0.2, 0.25) is 5.02 Å². The van der Waals surface area contributed by atoms with Gasteiger partial charge in [-0.2, -0.15) is 0 Å². The standard InChI is InChI=1S/C14H14ClN3O/c1-9-3-5-10(6-4-9)18(2)14(19)13-11(15)7-8-12(16)17-13/h3-8H,1-2H3,(H2,16,17). The van der Waals surface area contributed by atoms with E-state index in [0.717, 1.165) is 11.3 Å². The van der Waals surface area contributed by atoms with Crippen LogP contribution in [0.3, 0.4) is 0 Å². The maximum atomic E-state index is 12.3. The zero-order valence-electron chi connectivity index (χ0n) is 10.7. The van der Waals surface area contributed by atoms with Gasteiger partial charge < -0.3 is 10.6 Å². The molecule has 2 rings (SSSR count). The average molecular weight is 276 g/mol. The molecule has 2 N–H and O–H groups in total. The van der Waals surface area contributed by atoms with Gasteiger partial charge in [-0.1, -0.05) is 29.3 Å². The van der Waals surface area contributed by atoms with Gasteiger partial charge in [0.2, 0.25) is 0 Å². The minimum atomic E-state index is -0.291. The lowest BCUT2D eigenvalue weighted by Crippen LogP contribution is -2.27. The Kier molecular flexibility index (Phi) is 3.71. The van der Waals surface area contributed by atoms with E-state index in [1.807, 2.05) is 31.2 Å². The molecule has 0 atom stereocenters. The lowest BCUT2D eigenvalue weighted by Gasteiger charge is -2.17. The highest BCUT2D eigenvalue weighted by molar-refractivity contribution is 6.34. The van der Waals surface area contributed by atoms with Crippen molar-refractivity contribution in [1.29, 1.82) is 0 Å². The lowest BCUT2D eigenvalue weighted by atomic mass is 10.2. The fraction of sp³-hybridized carbons (Fsp3) is 0.143. The van der Waals surface area contributed by atoms with Crippen molar-refractivity contribution in [1.82, 2.24) is 4.98 Å². The molecule has 0 spiro atoms. The van der Waals surface area contributed by atoms with Gasteiger partial charge in [-0.05, 0) is 31.2 Å². The predicted molar refractivity (Wildman–Crippen MR) is 77.6 cm³/mol. The molecule has 0 radical (unpaired) electrons. The molecule has 19 heavy (non-hydrogen) atoms. The average Bonchev–Trinajstić information content (AvgIpc) is 2.41. The zero-order chi connectivity index (χ0) is 14.0. The molecule has 1 heterocycles. The topological polar surface area (TPSA) is 59.2 Å². The van der Waals surface area contributed by atoms with Crippen LogP contribution in [0.15, 0.2) is 36.4 Å². The first-order valence-corrected chi connectivity index (χ1v) is 6.13. The van der Waals surface area contributed by atoms with Crippen molar-refractivity contribution in [2.24, 2.45) is 0 Å². The maximum Gasteiger partial charge on any atom is 0.278 e. The molecule has 0 aliphatic rings. The first-order chi connectivity index (χ1) is 8.99. The number of pyridine rings is 1. The number of aryl methyl sites for hydroxylation is 1. The number of hydrogen-bond donors (Lipinski definition) is 1. The Labute approximate surface area is 116 Å². The minimum Gasteiger partial charge on any atom is -0.384 e. The summed E-state index contributed by atoms with van der Waals surface area (Å²) < 4.78 is 0. The molecular formula is C14H14ClN3O. The van der Waals surface area contributed by atoms with Crippen molar-refractivity contribution in [3.05, 3.63) is 52.7 Å². The molecule has 0 saturated carbocycles. The van der Waals surface area contributed by atoms with Gasteiger partial charge in [-0.3, -0.25) is 4.79 Å². The fourth-order valence-corrected chi connectivity index (χ4v) is 1.84. The Morgan fingerprint density at radius 1 is 1.21 bits per heavy atom. The fourth-order valence-electron chi connectivity index (χ4n) is 1.65. The molecule has 0 fully saturated rings. The molecule has 5 heteroatoms. The highest BCUT2D eigenvalue weighted by Crippen LogP contribution is 2.20. The van der Waals surface area contributed by atoms with Crippen LogP contribution in [-0.4, -0.2) is 17.9 Å². The molecule has 0 unspecified atom stereocenters. The molecule has 1 aromatic carbocycles. The normalized spacial score (nSPS) is 10.3. The first-order valence-electron chi connectivity index (χ1n) is 5.76. The van der Waals surface area contributed by atoms with Gasteiger partial charge in [0, 0.05) is 12.7 Å². The summed E-state index contributed by atoms with van der Waals surface area (Å²) in [5.41, 5.74) is 7.64. The van der Waals surface area contributed by atoms with E-state index in [-0.39, 0.29) is 22.4 Å². The van der Waals surface area contributed by atoms with Crippen molar-refractivity contribution in [3.63, 3.8) is 0 Å². The van der Waals surface area contributed by atoms with Crippen molar-refractivity contribution < 1.29 is 4.79 Å². The van der Waals surface area contributed by atoms with E-state index in [1.54, 1.807) is 19.2 Å². The third kappa shape index (κ3) is 2.85. The summed E-state index contributed by atoms with van der Waals surface area (Å²) in [6.07, 6.45) is 0. The summed E-state index contributed by atoms with van der Waals surface area (Å²) in [6, 6.07) is 10.7. The highest BCUT2D eigenvalue weighted by Gasteiger charge is 2.18. The number of aromatic nitrogens is 1. The Morgan fingerprint density at radius 3 is 2.47 bits per heavy atom. The van der Waals surface area contributed by atoms with Crippen molar-refractivity contribution in [2.75, 3.05) is 17.7 Å². The smallest absolute Gasteiger partial charge is 0.278 e.